The second-order valence-electron chi connectivity index (χ2n) is 6.48. The van der Waals surface area contributed by atoms with Crippen LogP contribution in [0.5, 0.6) is 0 Å². The van der Waals surface area contributed by atoms with Crippen LogP contribution in [0.4, 0.5) is 4.79 Å². The monoisotopic (exact) mass is 325 g/mol. The molecule has 2 aliphatic heterocycles. The predicted octanol–water partition coefficient (Wildman–Crippen LogP) is -0.754. The summed E-state index contributed by atoms with van der Waals surface area (Å²) < 4.78 is 0. The first-order valence-corrected chi connectivity index (χ1v) is 8.29. The molecule has 8 heteroatoms. The van der Waals surface area contributed by atoms with Crippen LogP contribution in [0.3, 0.4) is 0 Å². The van der Waals surface area contributed by atoms with Crippen LogP contribution in [0.15, 0.2) is 0 Å². The Labute approximate surface area is 136 Å². The number of urea groups is 1. The van der Waals surface area contributed by atoms with Gasteiger partial charge < -0.3 is 21.3 Å². The van der Waals surface area contributed by atoms with Gasteiger partial charge in [-0.1, -0.05) is 0 Å². The van der Waals surface area contributed by atoms with Crippen molar-refractivity contribution in [2.24, 2.45) is 5.73 Å². The molecule has 8 nitrogen and oxygen atoms in total. The van der Waals surface area contributed by atoms with E-state index in [1.807, 2.05) is 11.8 Å². The Morgan fingerprint density at radius 3 is 2.57 bits per heavy atom. The molecule has 2 heterocycles. The summed E-state index contributed by atoms with van der Waals surface area (Å²) in [6, 6.07) is -0.163. The van der Waals surface area contributed by atoms with Gasteiger partial charge in [0.25, 0.3) is 0 Å². The Morgan fingerprint density at radius 2 is 2.00 bits per heavy atom. The van der Waals surface area contributed by atoms with Gasteiger partial charge in [-0.3, -0.25) is 14.5 Å². The number of nitrogens with one attached hydrogen (secondary N) is 2. The Bertz CT molecular complexity index is 448. The molecule has 2 saturated heterocycles. The average molecular weight is 325 g/mol. The number of hydrogen-bond acceptors (Lipinski definition) is 4. The lowest BCUT2D eigenvalue weighted by Crippen LogP contribution is -2.52. The highest BCUT2D eigenvalue weighted by atomic mass is 16.2. The molecule has 0 aliphatic carbocycles. The lowest BCUT2D eigenvalue weighted by molar-refractivity contribution is -0.128. The first kappa shape index (κ1) is 17.5. The number of carbonyl (C=O) groups is 3. The van der Waals surface area contributed by atoms with Gasteiger partial charge in [0.15, 0.2) is 0 Å². The summed E-state index contributed by atoms with van der Waals surface area (Å²) in [6.07, 6.45) is 3.13. The van der Waals surface area contributed by atoms with Gasteiger partial charge in [-0.25, -0.2) is 4.79 Å². The number of rotatable bonds is 6. The lowest BCUT2D eigenvalue weighted by Gasteiger charge is -2.32. The van der Waals surface area contributed by atoms with Crippen molar-refractivity contribution < 1.29 is 14.4 Å². The fourth-order valence-corrected chi connectivity index (χ4v) is 3.18. The summed E-state index contributed by atoms with van der Waals surface area (Å²) in [7, 11) is 0. The average Bonchev–Trinajstić information content (AvgIpc) is 2.85. The molecule has 2 aliphatic rings. The number of piperidine rings is 1. The Hall–Kier alpha value is -1.83. The zero-order valence-electron chi connectivity index (χ0n) is 13.7. The molecule has 130 valence electrons. The van der Waals surface area contributed by atoms with E-state index < -0.39 is 0 Å². The molecule has 0 aromatic carbocycles. The molecule has 4 amide bonds. The molecule has 1 unspecified atom stereocenters. The molecule has 0 aromatic rings. The van der Waals surface area contributed by atoms with Crippen LogP contribution in [0.1, 0.15) is 32.6 Å². The minimum atomic E-state index is -0.320. The Morgan fingerprint density at radius 1 is 1.30 bits per heavy atom. The molecule has 2 rings (SSSR count). The van der Waals surface area contributed by atoms with E-state index in [0.717, 1.165) is 38.9 Å². The molecule has 4 N–H and O–H groups in total. The highest BCUT2D eigenvalue weighted by Gasteiger charge is 2.24. The number of likely N-dealkylation sites (tertiary alicyclic amines) is 2. The number of amides is 4. The summed E-state index contributed by atoms with van der Waals surface area (Å²) >= 11 is 0. The second kappa shape index (κ2) is 8.14. The Kier molecular flexibility index (Phi) is 6.20. The van der Waals surface area contributed by atoms with Gasteiger partial charge >= 0.3 is 6.03 Å². The number of nitrogens with zero attached hydrogens (tertiary/aromatic N) is 2. The van der Waals surface area contributed by atoms with E-state index in [9.17, 15) is 14.4 Å². The maximum absolute atomic E-state index is 12.0. The van der Waals surface area contributed by atoms with Gasteiger partial charge in [0.2, 0.25) is 11.8 Å². The maximum Gasteiger partial charge on any atom is 0.315 e. The van der Waals surface area contributed by atoms with E-state index in [-0.39, 0.29) is 36.5 Å². The van der Waals surface area contributed by atoms with Gasteiger partial charge in [0.05, 0.1) is 6.54 Å². The zero-order chi connectivity index (χ0) is 16.8. The third kappa shape index (κ3) is 5.70. The standard InChI is InChI=1S/C15H27N5O3/c1-11(9-20-6-2-3-14(20)22)17-15(23)18-12-4-7-19(8-5-12)10-13(16)21/h11-12H,2-10H2,1H3,(H2,16,21)(H2,17,18,23). The quantitative estimate of drug-likeness (QED) is 0.597. The molecule has 0 aromatic heterocycles. The molecule has 0 saturated carbocycles. The molecular weight excluding hydrogens is 298 g/mol. The first-order valence-electron chi connectivity index (χ1n) is 8.29. The summed E-state index contributed by atoms with van der Waals surface area (Å²) in [6.45, 7) is 5.03. The third-order valence-corrected chi connectivity index (χ3v) is 4.35. The summed E-state index contributed by atoms with van der Waals surface area (Å²) in [5.41, 5.74) is 5.18. The van der Waals surface area contributed by atoms with E-state index >= 15 is 0 Å². The van der Waals surface area contributed by atoms with Crippen molar-refractivity contribution in [2.45, 2.75) is 44.7 Å². The van der Waals surface area contributed by atoms with Gasteiger partial charge in [-0.15, -0.1) is 0 Å². The van der Waals surface area contributed by atoms with Crippen molar-refractivity contribution in [3.05, 3.63) is 0 Å². The lowest BCUT2D eigenvalue weighted by atomic mass is 10.1. The van der Waals surface area contributed by atoms with Crippen LogP contribution in [0.2, 0.25) is 0 Å². The largest absolute Gasteiger partial charge is 0.369 e. The highest BCUT2D eigenvalue weighted by molar-refractivity contribution is 5.78. The minimum Gasteiger partial charge on any atom is -0.369 e. The minimum absolute atomic E-state index is 0.0769. The van der Waals surface area contributed by atoms with Crippen LogP contribution >= 0.6 is 0 Å². The zero-order valence-corrected chi connectivity index (χ0v) is 13.7. The fraction of sp³-hybridized carbons (Fsp3) is 0.800. The summed E-state index contributed by atoms with van der Waals surface area (Å²) in [5, 5.41) is 5.85. The van der Waals surface area contributed by atoms with Crippen molar-refractivity contribution in [1.29, 1.82) is 0 Å². The normalized spacial score (nSPS) is 21.3. The highest BCUT2D eigenvalue weighted by Crippen LogP contribution is 2.11. The summed E-state index contributed by atoms with van der Waals surface area (Å²) in [4.78, 5) is 38.3. The molecule has 0 spiro atoms. The van der Waals surface area contributed by atoms with Crippen LogP contribution < -0.4 is 16.4 Å². The third-order valence-electron chi connectivity index (χ3n) is 4.35. The number of nitrogens with two attached hydrogens (primary N) is 1. The number of primary amides is 1. The van der Waals surface area contributed by atoms with Crippen LogP contribution in [0, 0.1) is 0 Å². The van der Waals surface area contributed by atoms with Crippen LogP contribution in [-0.4, -0.2) is 72.5 Å². The molecule has 23 heavy (non-hydrogen) atoms. The molecule has 0 radical (unpaired) electrons. The van der Waals surface area contributed by atoms with Gasteiger partial charge in [0, 0.05) is 44.7 Å². The topological polar surface area (TPSA) is 108 Å². The van der Waals surface area contributed by atoms with Crippen molar-refractivity contribution in [2.75, 3.05) is 32.7 Å². The molecular formula is C15H27N5O3. The second-order valence-corrected chi connectivity index (χ2v) is 6.48. The van der Waals surface area contributed by atoms with Crippen molar-refractivity contribution in [3.8, 4) is 0 Å². The smallest absolute Gasteiger partial charge is 0.315 e. The summed E-state index contributed by atoms with van der Waals surface area (Å²) in [5.74, 6) is -0.152. The van der Waals surface area contributed by atoms with Gasteiger partial charge in [-0.2, -0.15) is 0 Å². The Balaban J connectivity index is 1.65. The maximum atomic E-state index is 12.0. The van der Waals surface area contributed by atoms with Crippen molar-refractivity contribution in [1.82, 2.24) is 20.4 Å². The van der Waals surface area contributed by atoms with E-state index in [1.54, 1.807) is 4.90 Å². The van der Waals surface area contributed by atoms with Crippen molar-refractivity contribution >= 4 is 17.8 Å². The van der Waals surface area contributed by atoms with Crippen LogP contribution in [0.25, 0.3) is 0 Å². The van der Waals surface area contributed by atoms with E-state index in [2.05, 4.69) is 10.6 Å². The van der Waals surface area contributed by atoms with Gasteiger partial charge in [-0.05, 0) is 26.2 Å². The number of carbonyl (C=O) groups excluding carboxylic acids is 3. The predicted molar refractivity (Wildman–Crippen MR) is 85.6 cm³/mol. The fourth-order valence-electron chi connectivity index (χ4n) is 3.18. The van der Waals surface area contributed by atoms with E-state index in [0.29, 0.717) is 13.0 Å². The molecule has 0 bridgehead atoms. The van der Waals surface area contributed by atoms with E-state index in [4.69, 9.17) is 5.73 Å². The van der Waals surface area contributed by atoms with Crippen molar-refractivity contribution in [3.63, 3.8) is 0 Å². The van der Waals surface area contributed by atoms with Crippen LogP contribution in [-0.2, 0) is 9.59 Å². The molecule has 1 atom stereocenters. The van der Waals surface area contributed by atoms with E-state index in [1.165, 1.54) is 0 Å². The van der Waals surface area contributed by atoms with Gasteiger partial charge in [0.1, 0.15) is 0 Å². The number of hydrogen-bond donors (Lipinski definition) is 3. The molecule has 2 fully saturated rings. The SMILES string of the molecule is CC(CN1CCCC1=O)NC(=O)NC1CCN(CC(N)=O)CC1. The first-order chi connectivity index (χ1) is 10.9.